The molecule has 1 nitrogen and oxygen atoms in total. The van der Waals surface area contributed by atoms with Gasteiger partial charge in [0.15, 0.2) is 0 Å². The molecular weight excluding hydrogens is 136 g/mol. The lowest BCUT2D eigenvalue weighted by atomic mass is 10.0. The first kappa shape index (κ1) is 9.05. The van der Waals surface area contributed by atoms with E-state index in [1.807, 2.05) is 0 Å². The van der Waals surface area contributed by atoms with Crippen LogP contribution in [-0.4, -0.2) is 13.7 Å². The maximum absolute atomic E-state index is 5.03. The zero-order chi connectivity index (χ0) is 8.10. The molecule has 0 aromatic heterocycles. The third-order valence-electron chi connectivity index (χ3n) is 2.76. The molecule has 2 atom stereocenters. The van der Waals surface area contributed by atoms with Crippen molar-refractivity contribution in [1.82, 2.24) is 0 Å². The third kappa shape index (κ3) is 3.24. The molecule has 0 N–H and O–H groups in total. The predicted octanol–water partition coefficient (Wildman–Crippen LogP) is 2.85. The van der Waals surface area contributed by atoms with Gasteiger partial charge in [-0.25, -0.2) is 0 Å². The van der Waals surface area contributed by atoms with E-state index < -0.39 is 0 Å². The van der Waals surface area contributed by atoms with Gasteiger partial charge in [0.25, 0.3) is 0 Å². The van der Waals surface area contributed by atoms with Crippen LogP contribution in [0.3, 0.4) is 0 Å². The second-order valence-corrected chi connectivity index (χ2v) is 3.92. The zero-order valence-electron chi connectivity index (χ0n) is 7.81. The van der Waals surface area contributed by atoms with Gasteiger partial charge in [0.2, 0.25) is 0 Å². The van der Waals surface area contributed by atoms with Crippen LogP contribution in [0.4, 0.5) is 0 Å². The first-order valence-corrected chi connectivity index (χ1v) is 4.82. The largest absolute Gasteiger partial charge is 0.385 e. The van der Waals surface area contributed by atoms with E-state index in [0.717, 1.165) is 18.4 Å². The summed E-state index contributed by atoms with van der Waals surface area (Å²) in [6.45, 7) is 3.32. The first-order chi connectivity index (χ1) is 5.33. The maximum Gasteiger partial charge on any atom is 0.0462 e. The molecule has 1 aliphatic carbocycles. The van der Waals surface area contributed by atoms with Gasteiger partial charge in [-0.15, -0.1) is 0 Å². The van der Waals surface area contributed by atoms with Crippen molar-refractivity contribution in [3.05, 3.63) is 0 Å². The lowest BCUT2D eigenvalue weighted by Crippen LogP contribution is -1.97. The number of hydrogen-bond acceptors (Lipinski definition) is 1. The van der Waals surface area contributed by atoms with Crippen molar-refractivity contribution >= 4 is 0 Å². The van der Waals surface area contributed by atoms with Crippen LogP contribution in [0.25, 0.3) is 0 Å². The quantitative estimate of drug-likeness (QED) is 0.569. The van der Waals surface area contributed by atoms with Crippen molar-refractivity contribution < 1.29 is 4.74 Å². The highest BCUT2D eigenvalue weighted by Crippen LogP contribution is 2.33. The molecule has 11 heavy (non-hydrogen) atoms. The topological polar surface area (TPSA) is 9.23 Å². The van der Waals surface area contributed by atoms with Gasteiger partial charge >= 0.3 is 0 Å². The van der Waals surface area contributed by atoms with E-state index in [1.54, 1.807) is 7.11 Å². The fourth-order valence-corrected chi connectivity index (χ4v) is 2.10. The number of rotatable bonds is 4. The van der Waals surface area contributed by atoms with Crippen LogP contribution in [0.2, 0.25) is 0 Å². The van der Waals surface area contributed by atoms with Crippen LogP contribution in [0.15, 0.2) is 0 Å². The van der Waals surface area contributed by atoms with E-state index in [9.17, 15) is 0 Å². The maximum atomic E-state index is 5.03. The van der Waals surface area contributed by atoms with Crippen molar-refractivity contribution in [2.24, 2.45) is 11.8 Å². The highest BCUT2D eigenvalue weighted by molar-refractivity contribution is 4.72. The molecule has 0 aromatic carbocycles. The van der Waals surface area contributed by atoms with Gasteiger partial charge in [-0.2, -0.15) is 0 Å². The summed E-state index contributed by atoms with van der Waals surface area (Å²) in [5.41, 5.74) is 0. The van der Waals surface area contributed by atoms with E-state index in [0.29, 0.717) is 0 Å². The number of ether oxygens (including phenoxy) is 1. The van der Waals surface area contributed by atoms with Gasteiger partial charge in [0.1, 0.15) is 0 Å². The van der Waals surface area contributed by atoms with Crippen molar-refractivity contribution in [1.29, 1.82) is 0 Å². The van der Waals surface area contributed by atoms with E-state index in [1.165, 1.54) is 32.1 Å². The van der Waals surface area contributed by atoms with Crippen LogP contribution < -0.4 is 0 Å². The smallest absolute Gasteiger partial charge is 0.0462 e. The summed E-state index contributed by atoms with van der Waals surface area (Å²) in [6, 6.07) is 0. The normalized spacial score (nSPS) is 31.1. The summed E-state index contributed by atoms with van der Waals surface area (Å²) < 4.78 is 5.03. The summed E-state index contributed by atoms with van der Waals surface area (Å²) in [5, 5.41) is 0. The van der Waals surface area contributed by atoms with Crippen LogP contribution in [0, 0.1) is 11.8 Å². The fraction of sp³-hybridized carbons (Fsp3) is 1.00. The summed E-state index contributed by atoms with van der Waals surface area (Å²) in [7, 11) is 1.79. The summed E-state index contributed by atoms with van der Waals surface area (Å²) in [6.07, 6.45) is 7.03. The van der Waals surface area contributed by atoms with Gasteiger partial charge in [-0.3, -0.25) is 0 Å². The average molecular weight is 156 g/mol. The van der Waals surface area contributed by atoms with Crippen LogP contribution in [-0.2, 0) is 4.74 Å². The third-order valence-corrected chi connectivity index (χ3v) is 2.76. The van der Waals surface area contributed by atoms with Crippen LogP contribution >= 0.6 is 0 Å². The number of hydrogen-bond donors (Lipinski definition) is 0. The Hall–Kier alpha value is -0.0400. The highest BCUT2D eigenvalue weighted by atomic mass is 16.5. The van der Waals surface area contributed by atoms with E-state index in [2.05, 4.69) is 6.92 Å². The standard InChI is InChI=1S/C10H20O/c1-9-5-6-10(8-9)4-3-7-11-2/h9-10H,3-8H2,1-2H3. The van der Waals surface area contributed by atoms with Gasteiger partial charge in [-0.05, 0) is 31.1 Å². The Morgan fingerprint density at radius 3 is 2.73 bits per heavy atom. The van der Waals surface area contributed by atoms with Crippen molar-refractivity contribution in [3.8, 4) is 0 Å². The Balaban J connectivity index is 1.99. The van der Waals surface area contributed by atoms with Crippen molar-refractivity contribution in [2.75, 3.05) is 13.7 Å². The molecule has 1 rings (SSSR count). The molecule has 1 fully saturated rings. The molecule has 0 bridgehead atoms. The van der Waals surface area contributed by atoms with Gasteiger partial charge in [0, 0.05) is 13.7 Å². The molecule has 0 spiro atoms. The molecule has 0 aromatic rings. The molecule has 0 aliphatic heterocycles. The molecule has 0 radical (unpaired) electrons. The van der Waals surface area contributed by atoms with Gasteiger partial charge < -0.3 is 4.74 Å². The Kier molecular flexibility index (Phi) is 3.92. The zero-order valence-corrected chi connectivity index (χ0v) is 7.81. The minimum absolute atomic E-state index is 0.949. The van der Waals surface area contributed by atoms with Crippen LogP contribution in [0.5, 0.6) is 0 Å². The Labute approximate surface area is 70.1 Å². The lowest BCUT2D eigenvalue weighted by molar-refractivity contribution is 0.186. The van der Waals surface area contributed by atoms with E-state index in [4.69, 9.17) is 4.74 Å². The summed E-state index contributed by atoms with van der Waals surface area (Å²) in [5.74, 6) is 2.00. The average Bonchev–Trinajstić information content (AvgIpc) is 2.37. The number of methoxy groups -OCH3 is 1. The molecule has 0 heterocycles. The highest BCUT2D eigenvalue weighted by Gasteiger charge is 2.20. The summed E-state index contributed by atoms with van der Waals surface area (Å²) in [4.78, 5) is 0. The minimum Gasteiger partial charge on any atom is -0.385 e. The SMILES string of the molecule is COCCCC1CCC(C)C1. The van der Waals surface area contributed by atoms with Gasteiger partial charge in [0.05, 0.1) is 0 Å². The Morgan fingerprint density at radius 2 is 2.18 bits per heavy atom. The van der Waals surface area contributed by atoms with Crippen molar-refractivity contribution in [2.45, 2.75) is 39.0 Å². The monoisotopic (exact) mass is 156 g/mol. The van der Waals surface area contributed by atoms with E-state index >= 15 is 0 Å². The molecule has 1 saturated carbocycles. The molecule has 0 amide bonds. The predicted molar refractivity (Wildman–Crippen MR) is 47.6 cm³/mol. The first-order valence-electron chi connectivity index (χ1n) is 4.82. The summed E-state index contributed by atoms with van der Waals surface area (Å²) >= 11 is 0. The second-order valence-electron chi connectivity index (χ2n) is 3.92. The Bertz CT molecular complexity index is 101. The molecule has 2 unspecified atom stereocenters. The van der Waals surface area contributed by atoms with Crippen molar-refractivity contribution in [3.63, 3.8) is 0 Å². The molecule has 66 valence electrons. The second kappa shape index (κ2) is 4.76. The van der Waals surface area contributed by atoms with E-state index in [-0.39, 0.29) is 0 Å². The minimum atomic E-state index is 0.949. The lowest BCUT2D eigenvalue weighted by Gasteiger charge is -2.07. The molecular formula is C10H20O. The molecule has 0 saturated heterocycles. The van der Waals surface area contributed by atoms with Gasteiger partial charge in [-0.1, -0.05) is 19.8 Å². The molecule has 1 aliphatic rings. The molecule has 1 heteroatoms. The van der Waals surface area contributed by atoms with Crippen LogP contribution in [0.1, 0.15) is 39.0 Å². The Morgan fingerprint density at radius 1 is 1.36 bits per heavy atom. The fourth-order valence-electron chi connectivity index (χ4n) is 2.10.